The van der Waals surface area contributed by atoms with E-state index in [1.165, 1.54) is 43.2 Å². The summed E-state index contributed by atoms with van der Waals surface area (Å²) in [5.41, 5.74) is 2.43. The average molecular weight is 304 g/mol. The predicted octanol–water partition coefficient (Wildman–Crippen LogP) is 4.84. The van der Waals surface area contributed by atoms with Gasteiger partial charge < -0.3 is 0 Å². The summed E-state index contributed by atoms with van der Waals surface area (Å²) in [6.45, 7) is 0. The van der Waals surface area contributed by atoms with Gasteiger partial charge in [-0.2, -0.15) is 5.26 Å². The van der Waals surface area contributed by atoms with Crippen molar-refractivity contribution < 1.29 is 0 Å². The van der Waals surface area contributed by atoms with E-state index in [4.69, 9.17) is 0 Å². The zero-order chi connectivity index (χ0) is 15.9. The molecule has 2 nitrogen and oxygen atoms in total. The molecule has 0 unspecified atom stereocenters. The van der Waals surface area contributed by atoms with Crippen molar-refractivity contribution in [2.75, 3.05) is 0 Å². The fraction of sp³-hybridized carbons (Fsp3) is 0.381. The minimum Gasteiger partial charge on any atom is -0.291 e. The van der Waals surface area contributed by atoms with Crippen LogP contribution in [0.1, 0.15) is 49.3 Å². The molecule has 1 aliphatic rings. The standard InChI is InChI=1S/C21H24N2/c22-16-20(17-10-4-1-5-11-17)23-21(18-12-6-2-7-13-18)19-14-8-3-9-15-19/h2-3,6-9,12-15,17,20-21,23H,1,4-5,10-11H2/t20-/m1/s1. The maximum Gasteiger partial charge on any atom is 0.0988 e. The molecule has 0 aliphatic heterocycles. The van der Waals surface area contributed by atoms with E-state index >= 15 is 0 Å². The number of rotatable bonds is 5. The third-order valence-corrected chi connectivity index (χ3v) is 4.87. The Morgan fingerprint density at radius 1 is 0.826 bits per heavy atom. The van der Waals surface area contributed by atoms with Gasteiger partial charge in [0.15, 0.2) is 0 Å². The van der Waals surface area contributed by atoms with Gasteiger partial charge in [0.1, 0.15) is 0 Å². The van der Waals surface area contributed by atoms with Gasteiger partial charge in [0.05, 0.1) is 18.2 Å². The van der Waals surface area contributed by atoms with Gasteiger partial charge in [0.2, 0.25) is 0 Å². The highest BCUT2D eigenvalue weighted by atomic mass is 15.0. The molecule has 118 valence electrons. The predicted molar refractivity (Wildman–Crippen MR) is 93.8 cm³/mol. The molecule has 0 radical (unpaired) electrons. The van der Waals surface area contributed by atoms with Gasteiger partial charge in [-0.05, 0) is 29.9 Å². The molecule has 1 N–H and O–H groups in total. The smallest absolute Gasteiger partial charge is 0.0988 e. The molecule has 1 atom stereocenters. The highest BCUT2D eigenvalue weighted by Crippen LogP contribution is 2.29. The average Bonchev–Trinajstić information content (AvgIpc) is 2.65. The van der Waals surface area contributed by atoms with Crippen LogP contribution in [0.4, 0.5) is 0 Å². The molecule has 3 rings (SSSR count). The minimum atomic E-state index is -0.0827. The molecule has 2 aromatic carbocycles. The molecule has 23 heavy (non-hydrogen) atoms. The van der Waals surface area contributed by atoms with Crippen molar-refractivity contribution in [2.45, 2.75) is 44.2 Å². The van der Waals surface area contributed by atoms with E-state index in [2.05, 4.69) is 59.9 Å². The molecular weight excluding hydrogens is 280 g/mol. The second-order valence-corrected chi connectivity index (χ2v) is 6.43. The van der Waals surface area contributed by atoms with Gasteiger partial charge in [0.25, 0.3) is 0 Å². The molecule has 1 saturated carbocycles. The Hall–Kier alpha value is -2.11. The SMILES string of the molecule is N#C[C@@H](NC(c1ccccc1)c1ccccc1)C1CCCCC1. The van der Waals surface area contributed by atoms with Gasteiger partial charge in [-0.3, -0.25) is 5.32 Å². The monoisotopic (exact) mass is 304 g/mol. The third kappa shape index (κ3) is 4.00. The Labute approximate surface area is 139 Å². The summed E-state index contributed by atoms with van der Waals surface area (Å²) in [5, 5.41) is 13.4. The van der Waals surface area contributed by atoms with Crippen LogP contribution in [0.2, 0.25) is 0 Å². The Bertz CT molecular complexity index is 584. The molecule has 0 heterocycles. The maximum atomic E-state index is 9.71. The second kappa shape index (κ2) is 7.94. The molecule has 0 saturated heterocycles. The number of hydrogen-bond acceptors (Lipinski definition) is 2. The summed E-state index contributed by atoms with van der Waals surface area (Å²) in [6, 6.07) is 23.4. The first kappa shape index (κ1) is 15.8. The van der Waals surface area contributed by atoms with Crippen molar-refractivity contribution in [1.29, 1.82) is 5.26 Å². The normalized spacial score (nSPS) is 16.9. The van der Waals surface area contributed by atoms with Gasteiger partial charge in [-0.25, -0.2) is 0 Å². The molecule has 1 aliphatic carbocycles. The van der Waals surface area contributed by atoms with Crippen LogP contribution in [0.15, 0.2) is 60.7 Å². The fourth-order valence-corrected chi connectivity index (χ4v) is 3.60. The summed E-state index contributed by atoms with van der Waals surface area (Å²) < 4.78 is 0. The van der Waals surface area contributed by atoms with E-state index in [9.17, 15) is 5.26 Å². The fourth-order valence-electron chi connectivity index (χ4n) is 3.60. The van der Waals surface area contributed by atoms with Crippen molar-refractivity contribution in [1.82, 2.24) is 5.32 Å². The number of nitrogens with zero attached hydrogens (tertiary/aromatic N) is 1. The maximum absolute atomic E-state index is 9.71. The van der Waals surface area contributed by atoms with Crippen LogP contribution < -0.4 is 5.32 Å². The van der Waals surface area contributed by atoms with Crippen molar-refractivity contribution in [3.8, 4) is 6.07 Å². The van der Waals surface area contributed by atoms with Gasteiger partial charge >= 0.3 is 0 Å². The molecule has 0 bridgehead atoms. The molecule has 1 fully saturated rings. The summed E-state index contributed by atoms with van der Waals surface area (Å²) in [4.78, 5) is 0. The number of nitriles is 1. The third-order valence-electron chi connectivity index (χ3n) is 4.87. The van der Waals surface area contributed by atoms with Crippen LogP contribution in [-0.4, -0.2) is 6.04 Å². The topological polar surface area (TPSA) is 35.8 Å². The summed E-state index contributed by atoms with van der Waals surface area (Å²) in [7, 11) is 0. The van der Waals surface area contributed by atoms with Crippen LogP contribution >= 0.6 is 0 Å². The van der Waals surface area contributed by atoms with Crippen molar-refractivity contribution in [2.24, 2.45) is 5.92 Å². The molecule has 0 spiro atoms. The largest absolute Gasteiger partial charge is 0.291 e. The lowest BCUT2D eigenvalue weighted by atomic mass is 9.83. The first-order valence-electron chi connectivity index (χ1n) is 8.64. The van der Waals surface area contributed by atoms with Crippen LogP contribution in [0.5, 0.6) is 0 Å². The lowest BCUT2D eigenvalue weighted by molar-refractivity contribution is 0.295. The summed E-state index contributed by atoms with van der Waals surface area (Å²) in [6.07, 6.45) is 6.16. The highest BCUT2D eigenvalue weighted by molar-refractivity contribution is 5.32. The van der Waals surface area contributed by atoms with Crippen LogP contribution in [0.25, 0.3) is 0 Å². The van der Waals surface area contributed by atoms with Crippen molar-refractivity contribution in [3.05, 3.63) is 71.8 Å². The Morgan fingerprint density at radius 2 is 1.35 bits per heavy atom. The first-order chi connectivity index (χ1) is 11.4. The van der Waals surface area contributed by atoms with Crippen LogP contribution in [0, 0.1) is 17.2 Å². The van der Waals surface area contributed by atoms with E-state index in [0.29, 0.717) is 5.92 Å². The summed E-state index contributed by atoms with van der Waals surface area (Å²) in [5.74, 6) is 0.476. The van der Waals surface area contributed by atoms with E-state index in [-0.39, 0.29) is 12.1 Å². The van der Waals surface area contributed by atoms with Crippen LogP contribution in [-0.2, 0) is 0 Å². The molecule has 0 amide bonds. The highest BCUT2D eigenvalue weighted by Gasteiger charge is 2.26. The minimum absolute atomic E-state index is 0.0731. The van der Waals surface area contributed by atoms with Gasteiger partial charge in [-0.15, -0.1) is 0 Å². The summed E-state index contributed by atoms with van der Waals surface area (Å²) >= 11 is 0. The molecular formula is C21H24N2. The number of nitrogens with one attached hydrogen (secondary N) is 1. The first-order valence-corrected chi connectivity index (χ1v) is 8.64. The second-order valence-electron chi connectivity index (χ2n) is 6.43. The van der Waals surface area contributed by atoms with E-state index in [1.807, 2.05) is 12.1 Å². The molecule has 0 aromatic heterocycles. The number of benzene rings is 2. The zero-order valence-electron chi connectivity index (χ0n) is 13.5. The number of hydrogen-bond donors (Lipinski definition) is 1. The lowest BCUT2D eigenvalue weighted by Crippen LogP contribution is -2.39. The van der Waals surface area contributed by atoms with E-state index in [1.54, 1.807) is 0 Å². The Morgan fingerprint density at radius 3 is 1.83 bits per heavy atom. The van der Waals surface area contributed by atoms with E-state index < -0.39 is 0 Å². The lowest BCUT2D eigenvalue weighted by Gasteiger charge is -2.30. The van der Waals surface area contributed by atoms with E-state index in [0.717, 1.165) is 0 Å². The van der Waals surface area contributed by atoms with Crippen LogP contribution in [0.3, 0.4) is 0 Å². The Kier molecular flexibility index (Phi) is 5.45. The van der Waals surface area contributed by atoms with Crippen molar-refractivity contribution in [3.63, 3.8) is 0 Å². The van der Waals surface area contributed by atoms with Gasteiger partial charge in [-0.1, -0.05) is 79.9 Å². The quantitative estimate of drug-likeness (QED) is 0.858. The van der Waals surface area contributed by atoms with Crippen molar-refractivity contribution >= 4 is 0 Å². The molecule has 2 aromatic rings. The zero-order valence-corrected chi connectivity index (χ0v) is 13.5. The Balaban J connectivity index is 1.85. The molecule has 2 heteroatoms. The van der Waals surface area contributed by atoms with Gasteiger partial charge in [0, 0.05) is 0 Å².